The highest BCUT2D eigenvalue weighted by Crippen LogP contribution is 2.39. The summed E-state index contributed by atoms with van der Waals surface area (Å²) >= 11 is 0. The van der Waals surface area contributed by atoms with Crippen molar-refractivity contribution in [3.8, 4) is 0 Å². The topological polar surface area (TPSA) is 9.23 Å². The quantitative estimate of drug-likeness (QED) is 0.449. The van der Waals surface area contributed by atoms with Crippen LogP contribution in [0.1, 0.15) is 67.2 Å². The van der Waals surface area contributed by atoms with Crippen molar-refractivity contribution in [2.24, 2.45) is 5.92 Å². The molecule has 1 fully saturated rings. The smallest absolute Gasteiger partial charge is 0.164 e. The minimum absolute atomic E-state index is 0.00421. The molecule has 0 saturated heterocycles. The maximum atomic E-state index is 14.5. The van der Waals surface area contributed by atoms with E-state index < -0.39 is 23.3 Å². The zero-order valence-electron chi connectivity index (χ0n) is 17.0. The Morgan fingerprint density at radius 2 is 1.48 bits per heavy atom. The van der Waals surface area contributed by atoms with Gasteiger partial charge in [0.2, 0.25) is 0 Å². The van der Waals surface area contributed by atoms with Crippen molar-refractivity contribution in [2.45, 2.75) is 64.9 Å². The molecule has 0 N–H and O–H groups in total. The van der Waals surface area contributed by atoms with E-state index in [-0.39, 0.29) is 18.1 Å². The number of halogens is 4. The van der Waals surface area contributed by atoms with E-state index in [0.29, 0.717) is 35.6 Å². The van der Waals surface area contributed by atoms with Crippen LogP contribution >= 0.6 is 0 Å². The van der Waals surface area contributed by atoms with Crippen LogP contribution in [0.25, 0.3) is 0 Å². The molecule has 0 spiro atoms. The predicted octanol–water partition coefficient (Wildman–Crippen LogP) is 6.99. The van der Waals surface area contributed by atoms with Gasteiger partial charge in [0.15, 0.2) is 23.3 Å². The van der Waals surface area contributed by atoms with Gasteiger partial charge in [-0.3, -0.25) is 0 Å². The Morgan fingerprint density at radius 1 is 0.828 bits per heavy atom. The first-order valence-electron chi connectivity index (χ1n) is 10.4. The van der Waals surface area contributed by atoms with Crippen LogP contribution in [0.4, 0.5) is 17.6 Å². The van der Waals surface area contributed by atoms with E-state index >= 15 is 0 Å². The Labute approximate surface area is 170 Å². The summed E-state index contributed by atoms with van der Waals surface area (Å²) in [6.07, 6.45) is 4.57. The Balaban J connectivity index is 1.57. The van der Waals surface area contributed by atoms with Gasteiger partial charge in [-0.2, -0.15) is 0 Å². The van der Waals surface area contributed by atoms with Crippen molar-refractivity contribution in [3.63, 3.8) is 0 Å². The van der Waals surface area contributed by atoms with E-state index in [1.165, 1.54) is 0 Å². The molecular weight excluding hydrogens is 380 g/mol. The fourth-order valence-corrected chi connectivity index (χ4v) is 4.24. The Hall–Kier alpha value is -1.88. The zero-order chi connectivity index (χ0) is 21.0. The van der Waals surface area contributed by atoms with Crippen LogP contribution < -0.4 is 0 Å². The zero-order valence-corrected chi connectivity index (χ0v) is 17.0. The number of hydrogen-bond acceptors (Lipinski definition) is 1. The normalized spacial score (nSPS) is 19.5. The maximum Gasteiger partial charge on any atom is 0.164 e. The van der Waals surface area contributed by atoms with Gasteiger partial charge < -0.3 is 4.74 Å². The van der Waals surface area contributed by atoms with Crippen LogP contribution in [0, 0.1) is 36.1 Å². The molecule has 1 aliphatic carbocycles. The van der Waals surface area contributed by atoms with E-state index in [2.05, 4.69) is 0 Å². The third kappa shape index (κ3) is 5.00. The molecule has 2 aromatic carbocycles. The molecular formula is C24H28F4O. The average Bonchev–Trinajstić information content (AvgIpc) is 2.73. The minimum Gasteiger partial charge on any atom is -0.377 e. The molecule has 0 aromatic heterocycles. The molecule has 1 nitrogen and oxygen atoms in total. The molecule has 3 rings (SSSR count). The molecule has 1 saturated carbocycles. The first kappa shape index (κ1) is 21.8. The third-order valence-corrected chi connectivity index (χ3v) is 6.12. The molecule has 2 aromatic rings. The molecule has 29 heavy (non-hydrogen) atoms. The number of rotatable bonds is 7. The molecule has 5 heteroatoms. The van der Waals surface area contributed by atoms with Gasteiger partial charge in [0, 0.05) is 12.2 Å². The summed E-state index contributed by atoms with van der Waals surface area (Å²) in [5.74, 6) is -2.70. The molecule has 0 aliphatic heterocycles. The Bertz CT molecular complexity index is 841. The van der Waals surface area contributed by atoms with Gasteiger partial charge >= 0.3 is 0 Å². The van der Waals surface area contributed by atoms with Crippen LogP contribution in [0.2, 0.25) is 0 Å². The Morgan fingerprint density at radius 3 is 2.17 bits per heavy atom. The van der Waals surface area contributed by atoms with Gasteiger partial charge in [0.1, 0.15) is 0 Å². The van der Waals surface area contributed by atoms with Crippen molar-refractivity contribution >= 4 is 0 Å². The van der Waals surface area contributed by atoms with Gasteiger partial charge in [0.25, 0.3) is 0 Å². The lowest BCUT2D eigenvalue weighted by atomic mass is 9.76. The van der Waals surface area contributed by atoms with Crippen molar-refractivity contribution in [1.29, 1.82) is 0 Å². The molecule has 0 radical (unpaired) electrons. The highest BCUT2D eigenvalue weighted by atomic mass is 19.2. The van der Waals surface area contributed by atoms with E-state index in [1.807, 2.05) is 6.92 Å². The molecule has 0 heterocycles. The lowest BCUT2D eigenvalue weighted by Crippen LogP contribution is -2.16. The van der Waals surface area contributed by atoms with E-state index in [1.54, 1.807) is 31.2 Å². The van der Waals surface area contributed by atoms with Gasteiger partial charge in [-0.05, 0) is 80.9 Å². The van der Waals surface area contributed by atoms with Gasteiger partial charge in [-0.15, -0.1) is 0 Å². The second kappa shape index (κ2) is 9.75. The van der Waals surface area contributed by atoms with E-state index in [9.17, 15) is 17.6 Å². The summed E-state index contributed by atoms with van der Waals surface area (Å²) in [6.45, 7) is 3.88. The van der Waals surface area contributed by atoms with Crippen molar-refractivity contribution < 1.29 is 22.3 Å². The van der Waals surface area contributed by atoms with Crippen LogP contribution in [0.3, 0.4) is 0 Å². The van der Waals surface area contributed by atoms with Gasteiger partial charge in [-0.25, -0.2) is 17.6 Å². The van der Waals surface area contributed by atoms with Crippen LogP contribution in [-0.4, -0.2) is 6.61 Å². The Kier molecular flexibility index (Phi) is 7.33. The monoisotopic (exact) mass is 408 g/mol. The second-order valence-corrected chi connectivity index (χ2v) is 8.00. The maximum absolute atomic E-state index is 14.5. The fourth-order valence-electron chi connectivity index (χ4n) is 4.24. The summed E-state index contributed by atoms with van der Waals surface area (Å²) in [5, 5.41) is 0. The molecule has 0 unspecified atom stereocenters. The van der Waals surface area contributed by atoms with Crippen LogP contribution in [0.15, 0.2) is 24.3 Å². The molecule has 0 amide bonds. The van der Waals surface area contributed by atoms with Crippen molar-refractivity contribution in [2.75, 3.05) is 6.61 Å². The van der Waals surface area contributed by atoms with Crippen LogP contribution in [-0.2, 0) is 17.8 Å². The first-order chi connectivity index (χ1) is 13.9. The summed E-state index contributed by atoms with van der Waals surface area (Å²) in [6, 6.07) is 6.56. The number of hydrogen-bond donors (Lipinski definition) is 0. The van der Waals surface area contributed by atoms with Crippen molar-refractivity contribution in [1.82, 2.24) is 0 Å². The summed E-state index contributed by atoms with van der Waals surface area (Å²) in [4.78, 5) is 0. The molecule has 158 valence electrons. The lowest BCUT2D eigenvalue weighted by molar-refractivity contribution is 0.130. The fraction of sp³-hybridized carbons (Fsp3) is 0.500. The lowest BCUT2D eigenvalue weighted by Gasteiger charge is -2.29. The summed E-state index contributed by atoms with van der Waals surface area (Å²) < 4.78 is 61.8. The highest BCUT2D eigenvalue weighted by molar-refractivity contribution is 5.29. The largest absolute Gasteiger partial charge is 0.377 e. The SMILES string of the molecule is CCOCc1ccc(C2CCC(CCc3ccc(C)c(F)c3F)CC2)c(F)c1F. The highest BCUT2D eigenvalue weighted by Gasteiger charge is 2.26. The standard InChI is InChI=1S/C24H28F4O/c1-3-29-14-19-12-13-20(24(28)23(19)27)17-9-5-16(6-10-17)7-11-18-8-4-15(2)21(25)22(18)26/h4,8,12-13,16-17H,3,5-7,9-11,14H2,1-2H3. The third-order valence-electron chi connectivity index (χ3n) is 6.12. The number of ether oxygens (including phenoxy) is 1. The summed E-state index contributed by atoms with van der Waals surface area (Å²) in [5.41, 5.74) is 1.41. The average molecular weight is 408 g/mol. The van der Waals surface area contributed by atoms with Gasteiger partial charge in [-0.1, -0.05) is 24.3 Å². The second-order valence-electron chi connectivity index (χ2n) is 8.00. The molecule has 1 aliphatic rings. The summed E-state index contributed by atoms with van der Waals surface area (Å²) in [7, 11) is 0. The first-order valence-corrected chi connectivity index (χ1v) is 10.4. The predicted molar refractivity (Wildman–Crippen MR) is 106 cm³/mol. The van der Waals surface area contributed by atoms with Gasteiger partial charge in [0.05, 0.1) is 6.61 Å². The number of benzene rings is 2. The molecule has 0 atom stereocenters. The molecule has 0 bridgehead atoms. The van der Waals surface area contributed by atoms with Crippen molar-refractivity contribution in [3.05, 3.63) is 69.8 Å². The minimum atomic E-state index is -0.810. The number of aryl methyl sites for hydroxylation is 2. The van der Waals surface area contributed by atoms with E-state index in [4.69, 9.17) is 4.74 Å². The van der Waals surface area contributed by atoms with Crippen LogP contribution in [0.5, 0.6) is 0 Å². The van der Waals surface area contributed by atoms with E-state index in [0.717, 1.165) is 32.1 Å².